The van der Waals surface area contributed by atoms with Gasteiger partial charge in [-0.25, -0.2) is 16.5 Å². The summed E-state index contributed by atoms with van der Waals surface area (Å²) in [4.78, 5) is 30.2. The Balaban J connectivity index is 1.94. The van der Waals surface area contributed by atoms with Gasteiger partial charge in [-0.3, -0.25) is 4.79 Å². The standard InChI is InChI=1S/C16H20N6O/c1-11-5-7-22(14(23)8-17-2)9-13(11)21(3)16-12-4-6-18-15(12)19-10-20-16/h4,6,10-11,13H,5,7-9H2,1,3H3,(H,18,19,20)/t11-,13+/m1/s1/i1D3. The van der Waals surface area contributed by atoms with Gasteiger partial charge in [0.2, 0.25) is 0 Å². The number of hydrogen-bond acceptors (Lipinski definition) is 4. The van der Waals surface area contributed by atoms with Crippen LogP contribution in [-0.4, -0.2) is 58.5 Å². The van der Waals surface area contributed by atoms with E-state index in [1.54, 1.807) is 18.1 Å². The molecule has 0 aliphatic carbocycles. The van der Waals surface area contributed by atoms with Crippen molar-refractivity contribution in [2.75, 3.05) is 31.6 Å². The van der Waals surface area contributed by atoms with Crippen LogP contribution in [0.15, 0.2) is 18.6 Å². The fourth-order valence-corrected chi connectivity index (χ4v) is 3.02. The zero-order valence-electron chi connectivity index (χ0n) is 15.9. The molecular formula is C16H20N6O. The number of H-pyrrole nitrogens is 1. The molecule has 1 aliphatic rings. The van der Waals surface area contributed by atoms with Crippen molar-refractivity contribution in [2.45, 2.75) is 19.3 Å². The minimum atomic E-state index is -2.14. The predicted molar refractivity (Wildman–Crippen MR) is 87.9 cm³/mol. The molecule has 120 valence electrons. The van der Waals surface area contributed by atoms with Gasteiger partial charge < -0.3 is 19.6 Å². The highest BCUT2D eigenvalue weighted by molar-refractivity contribution is 5.87. The number of carbonyl (C=O) groups excluding carboxylic acids is 1. The Morgan fingerprint density at radius 3 is 3.30 bits per heavy atom. The smallest absolute Gasteiger partial charge is 0.302 e. The molecule has 1 saturated heterocycles. The summed E-state index contributed by atoms with van der Waals surface area (Å²) in [6.45, 7) is 5.14. The van der Waals surface area contributed by atoms with E-state index in [-0.39, 0.29) is 19.0 Å². The van der Waals surface area contributed by atoms with Crippen LogP contribution in [0.3, 0.4) is 0 Å². The first-order chi connectivity index (χ1) is 12.3. The molecule has 0 spiro atoms. The summed E-state index contributed by atoms with van der Waals surface area (Å²) in [6.07, 6.45) is 3.54. The molecule has 0 aromatic carbocycles. The van der Waals surface area contributed by atoms with Crippen LogP contribution in [0.25, 0.3) is 15.9 Å². The second-order valence-electron chi connectivity index (χ2n) is 5.67. The average molecular weight is 315 g/mol. The number of carbonyl (C=O) groups is 1. The van der Waals surface area contributed by atoms with E-state index in [0.717, 1.165) is 5.39 Å². The Morgan fingerprint density at radius 1 is 1.65 bits per heavy atom. The van der Waals surface area contributed by atoms with Crippen LogP contribution >= 0.6 is 0 Å². The first-order valence-corrected chi connectivity index (χ1v) is 7.45. The summed E-state index contributed by atoms with van der Waals surface area (Å²) in [5, 5.41) is 0.795. The van der Waals surface area contributed by atoms with Crippen LogP contribution in [0, 0.1) is 12.5 Å². The fraction of sp³-hybridized carbons (Fsp3) is 0.500. The Labute approximate surface area is 139 Å². The van der Waals surface area contributed by atoms with E-state index in [1.165, 1.54) is 6.33 Å². The SMILES string of the molecule is [2H]C([2H])([2H])[C@@H]1CCN(C(=O)C[N+]#[C-])C[C@@H]1N(C)c1ncnc2[nH]ccc12. The number of nitrogens with zero attached hydrogens (tertiary/aromatic N) is 5. The largest absolute Gasteiger partial charge is 0.354 e. The number of hydrogen-bond donors (Lipinski definition) is 1. The predicted octanol–water partition coefficient (Wildman–Crippen LogP) is 1.55. The van der Waals surface area contributed by atoms with Crippen molar-refractivity contribution in [3.8, 4) is 0 Å². The average Bonchev–Trinajstić information content (AvgIpc) is 3.08. The zero-order chi connectivity index (χ0) is 18.9. The topological polar surface area (TPSA) is 69.5 Å². The molecule has 2 atom stereocenters. The second-order valence-corrected chi connectivity index (χ2v) is 5.67. The van der Waals surface area contributed by atoms with Crippen molar-refractivity contribution in [3.05, 3.63) is 30.0 Å². The molecule has 2 aromatic heterocycles. The lowest BCUT2D eigenvalue weighted by atomic mass is 9.92. The van der Waals surface area contributed by atoms with E-state index in [2.05, 4.69) is 19.8 Å². The van der Waals surface area contributed by atoms with Crippen LogP contribution in [-0.2, 0) is 4.79 Å². The minimum absolute atomic E-state index is 0.218. The van der Waals surface area contributed by atoms with Gasteiger partial charge in [-0.15, -0.1) is 0 Å². The number of likely N-dealkylation sites (tertiary alicyclic amines) is 1. The highest BCUT2D eigenvalue weighted by Gasteiger charge is 2.33. The number of aromatic nitrogens is 3. The van der Waals surface area contributed by atoms with Gasteiger partial charge in [-0.2, -0.15) is 0 Å². The molecule has 7 nitrogen and oxygen atoms in total. The van der Waals surface area contributed by atoms with Gasteiger partial charge in [0.1, 0.15) is 17.8 Å². The van der Waals surface area contributed by atoms with Gasteiger partial charge in [-0.05, 0) is 18.4 Å². The molecule has 3 rings (SSSR count). The second kappa shape index (κ2) is 6.24. The van der Waals surface area contributed by atoms with Gasteiger partial charge in [0, 0.05) is 30.4 Å². The first kappa shape index (κ1) is 11.9. The molecule has 1 fully saturated rings. The molecule has 7 heteroatoms. The molecule has 1 amide bonds. The van der Waals surface area contributed by atoms with Crippen molar-refractivity contribution >= 4 is 22.8 Å². The van der Waals surface area contributed by atoms with Gasteiger partial charge in [0.15, 0.2) is 0 Å². The molecule has 0 bridgehead atoms. The summed E-state index contributed by atoms with van der Waals surface area (Å²) in [5.74, 6) is -0.236. The van der Waals surface area contributed by atoms with Crippen LogP contribution in [0.1, 0.15) is 17.4 Å². The van der Waals surface area contributed by atoms with E-state index < -0.39 is 18.8 Å². The highest BCUT2D eigenvalue weighted by atomic mass is 16.2. The van der Waals surface area contributed by atoms with Gasteiger partial charge in [-0.1, -0.05) is 6.85 Å². The van der Waals surface area contributed by atoms with E-state index >= 15 is 0 Å². The van der Waals surface area contributed by atoms with Crippen molar-refractivity contribution in [1.29, 1.82) is 0 Å². The van der Waals surface area contributed by atoms with Crippen LogP contribution < -0.4 is 4.90 Å². The van der Waals surface area contributed by atoms with Gasteiger partial charge in [0.25, 0.3) is 6.54 Å². The summed E-state index contributed by atoms with van der Waals surface area (Å²) >= 11 is 0. The molecule has 1 N–H and O–H groups in total. The third kappa shape index (κ3) is 2.84. The maximum atomic E-state index is 12.2. The number of likely N-dealkylation sites (N-methyl/N-ethyl adjacent to an activating group) is 1. The summed E-state index contributed by atoms with van der Waals surface area (Å²) in [5.41, 5.74) is 0.670. The quantitative estimate of drug-likeness (QED) is 0.873. The van der Waals surface area contributed by atoms with E-state index in [4.69, 9.17) is 10.7 Å². The maximum absolute atomic E-state index is 12.2. The Bertz CT molecular complexity index is 842. The monoisotopic (exact) mass is 315 g/mol. The Hall–Kier alpha value is -2.62. The molecule has 1 aliphatic heterocycles. The van der Waals surface area contributed by atoms with Gasteiger partial charge in [0.05, 0.1) is 11.4 Å². The van der Waals surface area contributed by atoms with E-state index in [1.807, 2.05) is 11.0 Å². The summed E-state index contributed by atoms with van der Waals surface area (Å²) in [6, 6.07) is 1.41. The Morgan fingerprint density at radius 2 is 2.52 bits per heavy atom. The first-order valence-electron chi connectivity index (χ1n) is 8.95. The molecule has 0 radical (unpaired) electrons. The number of amides is 1. The van der Waals surface area contributed by atoms with Crippen LogP contribution in [0.4, 0.5) is 5.82 Å². The highest BCUT2D eigenvalue weighted by Crippen LogP contribution is 2.28. The molecule has 0 unspecified atom stereocenters. The van der Waals surface area contributed by atoms with E-state index in [9.17, 15) is 4.79 Å². The molecule has 0 saturated carbocycles. The van der Waals surface area contributed by atoms with Crippen molar-refractivity contribution < 1.29 is 8.91 Å². The lowest BCUT2D eigenvalue weighted by Gasteiger charge is -2.41. The Kier molecular flexibility index (Phi) is 3.23. The molecule has 2 aromatic rings. The maximum Gasteiger partial charge on any atom is 0.302 e. The molecule has 3 heterocycles. The zero-order valence-corrected chi connectivity index (χ0v) is 12.9. The van der Waals surface area contributed by atoms with Gasteiger partial charge >= 0.3 is 5.91 Å². The number of fused-ring (bicyclic) bond motifs is 1. The minimum Gasteiger partial charge on any atom is -0.354 e. The van der Waals surface area contributed by atoms with Crippen molar-refractivity contribution in [2.24, 2.45) is 5.92 Å². The van der Waals surface area contributed by atoms with Crippen LogP contribution in [0.2, 0.25) is 0 Å². The van der Waals surface area contributed by atoms with Crippen LogP contribution in [0.5, 0.6) is 0 Å². The third-order valence-electron chi connectivity index (χ3n) is 4.31. The number of nitrogens with one attached hydrogen (secondary N) is 1. The summed E-state index contributed by atoms with van der Waals surface area (Å²) < 4.78 is 23.7. The third-order valence-corrected chi connectivity index (χ3v) is 4.31. The summed E-state index contributed by atoms with van der Waals surface area (Å²) in [7, 11) is 1.79. The number of rotatable bonds is 3. The van der Waals surface area contributed by atoms with Crippen molar-refractivity contribution in [3.63, 3.8) is 0 Å². The molecule has 23 heavy (non-hydrogen) atoms. The lowest BCUT2D eigenvalue weighted by molar-refractivity contribution is -0.130. The number of anilines is 1. The van der Waals surface area contributed by atoms with Crippen molar-refractivity contribution in [1.82, 2.24) is 19.9 Å². The fourth-order valence-electron chi connectivity index (χ4n) is 3.02. The lowest BCUT2D eigenvalue weighted by Crippen LogP contribution is -2.53. The normalized spacial score (nSPS) is 23.7. The number of aromatic amines is 1. The van der Waals surface area contributed by atoms with E-state index in [0.29, 0.717) is 24.4 Å². The number of piperidine rings is 1. The molecular weight excluding hydrogens is 292 g/mol.